The summed E-state index contributed by atoms with van der Waals surface area (Å²) < 4.78 is 1.58. The van der Waals surface area contributed by atoms with Crippen LogP contribution in [0, 0.1) is 0 Å². The van der Waals surface area contributed by atoms with Crippen LogP contribution >= 0.6 is 0 Å². The maximum atomic E-state index is 11.9. The van der Waals surface area contributed by atoms with Crippen LogP contribution in [0.1, 0.15) is 47.7 Å². The fourth-order valence-electron chi connectivity index (χ4n) is 1.68. The normalized spacial score (nSPS) is 10.7. The van der Waals surface area contributed by atoms with E-state index in [9.17, 15) is 9.59 Å². The van der Waals surface area contributed by atoms with Crippen LogP contribution in [0.3, 0.4) is 0 Å². The number of aromatic nitrogens is 3. The molecule has 17 heavy (non-hydrogen) atoms. The van der Waals surface area contributed by atoms with Gasteiger partial charge in [-0.2, -0.15) is 0 Å². The summed E-state index contributed by atoms with van der Waals surface area (Å²) in [4.78, 5) is 31.8. The first kappa shape index (κ1) is 11.4. The smallest absolute Gasteiger partial charge is 0.235 e. The Hall–Kier alpha value is -2.04. The van der Waals surface area contributed by atoms with Crippen molar-refractivity contribution in [3.63, 3.8) is 0 Å². The number of carbonyl (C=O) groups excluding carboxylic acids is 2. The second-order valence-corrected chi connectivity index (χ2v) is 3.65. The molecule has 0 aliphatic heterocycles. The molecule has 0 saturated carbocycles. The van der Waals surface area contributed by atoms with Crippen molar-refractivity contribution in [2.24, 2.45) is 0 Å². The lowest BCUT2D eigenvalue weighted by molar-refractivity contribution is 0.0949. The molecule has 0 N–H and O–H groups in total. The molecule has 2 aromatic rings. The zero-order valence-corrected chi connectivity index (χ0v) is 9.80. The molecule has 0 aromatic carbocycles. The van der Waals surface area contributed by atoms with Crippen molar-refractivity contribution in [1.82, 2.24) is 14.4 Å². The van der Waals surface area contributed by atoms with Gasteiger partial charge in [0.15, 0.2) is 11.6 Å². The van der Waals surface area contributed by atoms with Gasteiger partial charge < -0.3 is 0 Å². The van der Waals surface area contributed by atoms with E-state index in [0.29, 0.717) is 24.3 Å². The van der Waals surface area contributed by atoms with Gasteiger partial charge in [-0.1, -0.05) is 13.8 Å². The van der Waals surface area contributed by atoms with Crippen molar-refractivity contribution in [3.8, 4) is 0 Å². The van der Waals surface area contributed by atoms with Crippen molar-refractivity contribution in [3.05, 3.63) is 29.8 Å². The number of fused-ring (bicyclic) bond motifs is 1. The summed E-state index contributed by atoms with van der Waals surface area (Å²) in [5, 5.41) is 0. The molecule has 2 rings (SSSR count). The SMILES string of the molecule is CCC(=O)c1nc2ncccn2c1C(=O)CC. The summed E-state index contributed by atoms with van der Waals surface area (Å²) in [5.74, 6) is 0.163. The van der Waals surface area contributed by atoms with Gasteiger partial charge in [0, 0.05) is 25.2 Å². The van der Waals surface area contributed by atoms with Crippen LogP contribution in [0.2, 0.25) is 0 Å². The van der Waals surface area contributed by atoms with Crippen molar-refractivity contribution >= 4 is 17.3 Å². The highest BCUT2D eigenvalue weighted by Gasteiger charge is 2.22. The lowest BCUT2D eigenvalue weighted by atomic mass is 10.1. The molecule has 0 amide bonds. The molecule has 5 heteroatoms. The van der Waals surface area contributed by atoms with Gasteiger partial charge in [0.1, 0.15) is 11.4 Å². The third-order valence-electron chi connectivity index (χ3n) is 2.57. The minimum Gasteiger partial charge on any atom is -0.292 e. The Kier molecular flexibility index (Phi) is 2.99. The van der Waals surface area contributed by atoms with E-state index in [1.165, 1.54) is 0 Å². The van der Waals surface area contributed by atoms with Crippen LogP contribution in [0.25, 0.3) is 5.78 Å². The molecule has 0 unspecified atom stereocenters. The number of hydrogen-bond acceptors (Lipinski definition) is 4. The second-order valence-electron chi connectivity index (χ2n) is 3.65. The number of hydrogen-bond donors (Lipinski definition) is 0. The van der Waals surface area contributed by atoms with Gasteiger partial charge >= 0.3 is 0 Å². The van der Waals surface area contributed by atoms with Gasteiger partial charge in [0.05, 0.1) is 0 Å². The number of carbonyl (C=O) groups is 2. The number of nitrogens with zero attached hydrogens (tertiary/aromatic N) is 3. The summed E-state index contributed by atoms with van der Waals surface area (Å²) >= 11 is 0. The van der Waals surface area contributed by atoms with Crippen LogP contribution in [0.4, 0.5) is 0 Å². The van der Waals surface area contributed by atoms with Crippen LogP contribution < -0.4 is 0 Å². The van der Waals surface area contributed by atoms with Crippen LogP contribution in [0.5, 0.6) is 0 Å². The van der Waals surface area contributed by atoms with Gasteiger partial charge in [0.25, 0.3) is 0 Å². The van der Waals surface area contributed by atoms with Crippen LogP contribution in [0.15, 0.2) is 18.5 Å². The average Bonchev–Trinajstić information content (AvgIpc) is 2.76. The molecule has 0 radical (unpaired) electrons. The quantitative estimate of drug-likeness (QED) is 0.754. The zero-order valence-electron chi connectivity index (χ0n) is 9.80. The molecule has 0 aliphatic rings. The fraction of sp³-hybridized carbons (Fsp3) is 0.333. The lowest BCUT2D eigenvalue weighted by Gasteiger charge is -2.00. The van der Waals surface area contributed by atoms with E-state index < -0.39 is 0 Å². The van der Waals surface area contributed by atoms with E-state index in [0.717, 1.165) is 0 Å². The van der Waals surface area contributed by atoms with Crippen molar-refractivity contribution in [2.45, 2.75) is 26.7 Å². The van der Waals surface area contributed by atoms with E-state index in [2.05, 4.69) is 9.97 Å². The average molecular weight is 231 g/mol. The Labute approximate surface area is 98.5 Å². The first-order valence-corrected chi connectivity index (χ1v) is 5.58. The maximum absolute atomic E-state index is 11.9. The molecule has 2 heterocycles. The molecule has 88 valence electrons. The largest absolute Gasteiger partial charge is 0.292 e. The zero-order chi connectivity index (χ0) is 12.4. The van der Waals surface area contributed by atoms with Crippen LogP contribution in [-0.2, 0) is 0 Å². The predicted molar refractivity (Wildman–Crippen MR) is 62.2 cm³/mol. The Morgan fingerprint density at radius 2 is 1.94 bits per heavy atom. The van der Waals surface area contributed by atoms with Crippen molar-refractivity contribution in [2.75, 3.05) is 0 Å². The molecule has 5 nitrogen and oxygen atoms in total. The fourth-order valence-corrected chi connectivity index (χ4v) is 1.68. The lowest BCUT2D eigenvalue weighted by Crippen LogP contribution is -2.09. The van der Waals surface area contributed by atoms with Gasteiger partial charge in [0.2, 0.25) is 5.78 Å². The number of rotatable bonds is 4. The summed E-state index contributed by atoms with van der Waals surface area (Å²) in [6.45, 7) is 3.51. The highest BCUT2D eigenvalue weighted by molar-refractivity contribution is 6.07. The van der Waals surface area contributed by atoms with Gasteiger partial charge in [-0.3, -0.25) is 14.0 Å². The summed E-state index contributed by atoms with van der Waals surface area (Å²) in [6.07, 6.45) is 3.95. The Bertz CT molecular complexity index is 586. The van der Waals surface area contributed by atoms with E-state index in [-0.39, 0.29) is 17.3 Å². The molecule has 0 fully saturated rings. The standard InChI is InChI=1S/C12H13N3O2/c1-3-8(16)10-11(9(17)4-2)15-7-5-6-13-12(15)14-10/h5-7H,3-4H2,1-2H3. The third-order valence-corrected chi connectivity index (χ3v) is 2.57. The van der Waals surface area contributed by atoms with Gasteiger partial charge in [-0.25, -0.2) is 9.97 Å². The molecule has 0 aliphatic carbocycles. The molecule has 2 aromatic heterocycles. The van der Waals surface area contributed by atoms with Gasteiger partial charge in [-0.05, 0) is 6.07 Å². The number of Topliss-reactive ketones (excluding diaryl/α,β-unsaturated/α-hetero) is 2. The highest BCUT2D eigenvalue weighted by Crippen LogP contribution is 2.15. The number of ketones is 2. The molecule has 0 bridgehead atoms. The topological polar surface area (TPSA) is 64.3 Å². The summed E-state index contributed by atoms with van der Waals surface area (Å²) in [7, 11) is 0. The Morgan fingerprint density at radius 1 is 1.24 bits per heavy atom. The highest BCUT2D eigenvalue weighted by atomic mass is 16.1. The first-order chi connectivity index (χ1) is 8.19. The minimum atomic E-state index is -0.132. The molecule has 0 saturated heterocycles. The van der Waals surface area contributed by atoms with E-state index in [1.807, 2.05) is 0 Å². The first-order valence-electron chi connectivity index (χ1n) is 5.58. The second kappa shape index (κ2) is 4.45. The number of imidazole rings is 1. The summed E-state index contributed by atoms with van der Waals surface area (Å²) in [6, 6.07) is 1.71. The van der Waals surface area contributed by atoms with Crippen LogP contribution in [-0.4, -0.2) is 25.9 Å². The van der Waals surface area contributed by atoms with Gasteiger partial charge in [-0.15, -0.1) is 0 Å². The third kappa shape index (κ3) is 1.84. The summed E-state index contributed by atoms with van der Waals surface area (Å²) in [5.41, 5.74) is 0.584. The van der Waals surface area contributed by atoms with E-state index >= 15 is 0 Å². The predicted octanol–water partition coefficient (Wildman–Crippen LogP) is 1.91. The molecular weight excluding hydrogens is 218 g/mol. The molecule has 0 spiro atoms. The molecular formula is C12H13N3O2. The van der Waals surface area contributed by atoms with E-state index in [1.54, 1.807) is 36.7 Å². The Morgan fingerprint density at radius 3 is 2.59 bits per heavy atom. The van der Waals surface area contributed by atoms with E-state index in [4.69, 9.17) is 0 Å². The molecule has 0 atom stereocenters. The maximum Gasteiger partial charge on any atom is 0.235 e. The van der Waals surface area contributed by atoms with Crippen molar-refractivity contribution < 1.29 is 9.59 Å². The minimum absolute atomic E-state index is 0.0951. The van der Waals surface area contributed by atoms with Crippen molar-refractivity contribution in [1.29, 1.82) is 0 Å². The monoisotopic (exact) mass is 231 g/mol. The Balaban J connectivity index is 2.73.